The van der Waals surface area contributed by atoms with Gasteiger partial charge in [0, 0.05) is 49.0 Å². The maximum absolute atomic E-state index is 10.8. The lowest BCUT2D eigenvalue weighted by molar-refractivity contribution is 0.112. The number of hydrogen-bond donors (Lipinski definition) is 1. The third-order valence-electron chi connectivity index (χ3n) is 5.83. The van der Waals surface area contributed by atoms with Gasteiger partial charge in [-0.05, 0) is 55.4 Å². The Morgan fingerprint density at radius 3 is 2.51 bits per heavy atom. The Kier molecular flexibility index (Phi) is 8.59. The Bertz CT molecular complexity index is 1250. The fraction of sp³-hybridized carbons (Fsp3) is 0.214. The molecule has 0 atom stereocenters. The number of likely N-dealkylation sites (N-methyl/N-ethyl adjacent to an activating group) is 1. The first-order valence-corrected chi connectivity index (χ1v) is 12.4. The topological polar surface area (TPSA) is 57.7 Å². The summed E-state index contributed by atoms with van der Waals surface area (Å²) in [4.78, 5) is 21.0. The molecule has 35 heavy (non-hydrogen) atoms. The number of methoxy groups -OCH3 is 1. The number of rotatable bonds is 6. The Labute approximate surface area is 211 Å². The number of piperazine rings is 1. The number of anilines is 2. The zero-order valence-electron chi connectivity index (χ0n) is 20.1. The third kappa shape index (κ3) is 6.53. The highest BCUT2D eigenvalue weighted by atomic mass is 32.2. The molecule has 0 amide bonds. The van der Waals surface area contributed by atoms with Crippen molar-refractivity contribution in [3.63, 3.8) is 0 Å². The molecular weight excluding hydrogens is 456 g/mol. The van der Waals surface area contributed by atoms with E-state index in [0.29, 0.717) is 5.56 Å². The van der Waals surface area contributed by atoms with Crippen molar-refractivity contribution in [3.8, 4) is 5.75 Å². The van der Waals surface area contributed by atoms with Crippen molar-refractivity contribution < 1.29 is 9.53 Å². The van der Waals surface area contributed by atoms with E-state index in [1.54, 1.807) is 19.4 Å². The number of para-hydroxylation sites is 3. The van der Waals surface area contributed by atoms with Gasteiger partial charge in [0.2, 0.25) is 0 Å². The molecule has 0 aliphatic carbocycles. The van der Waals surface area contributed by atoms with Crippen LogP contribution in [0.5, 0.6) is 5.75 Å². The number of carbonyl (C=O) groups excluding carboxylic acids is 1. The largest absolute Gasteiger partial charge is 0.495 e. The Hall–Kier alpha value is -3.55. The summed E-state index contributed by atoms with van der Waals surface area (Å²) < 4.78 is 8.62. The molecule has 1 N–H and O–H groups in total. The van der Waals surface area contributed by atoms with Crippen LogP contribution in [0.25, 0.3) is 10.9 Å². The molecule has 180 valence electrons. The minimum Gasteiger partial charge on any atom is -0.495 e. The van der Waals surface area contributed by atoms with E-state index < -0.39 is 0 Å². The number of benzene rings is 3. The molecule has 0 bridgehead atoms. The minimum absolute atomic E-state index is 0.659. The lowest BCUT2D eigenvalue weighted by Crippen LogP contribution is -2.44. The van der Waals surface area contributed by atoms with Gasteiger partial charge in [-0.1, -0.05) is 42.5 Å². The zero-order chi connectivity index (χ0) is 24.5. The van der Waals surface area contributed by atoms with Crippen LogP contribution in [0.1, 0.15) is 10.4 Å². The summed E-state index contributed by atoms with van der Waals surface area (Å²) >= 11 is 1.49. The molecule has 2 heterocycles. The normalized spacial score (nSPS) is 13.6. The second-order valence-corrected chi connectivity index (χ2v) is 9.09. The minimum atomic E-state index is 0.659. The summed E-state index contributed by atoms with van der Waals surface area (Å²) in [6.45, 7) is 4.41. The van der Waals surface area contributed by atoms with Gasteiger partial charge in [-0.15, -0.1) is 0 Å². The van der Waals surface area contributed by atoms with E-state index in [4.69, 9.17) is 4.74 Å². The number of nitrogens with one attached hydrogen (secondary N) is 1. The van der Waals surface area contributed by atoms with E-state index >= 15 is 0 Å². The van der Waals surface area contributed by atoms with Crippen LogP contribution in [0.15, 0.2) is 90.0 Å². The first kappa shape index (κ1) is 24.6. The Morgan fingerprint density at radius 1 is 0.943 bits per heavy atom. The van der Waals surface area contributed by atoms with Gasteiger partial charge in [0.1, 0.15) is 12.0 Å². The van der Waals surface area contributed by atoms with Crippen LogP contribution in [0, 0.1) is 0 Å². The molecule has 0 spiro atoms. The Balaban J connectivity index is 0.000000172. The van der Waals surface area contributed by atoms with E-state index in [1.165, 1.54) is 17.6 Å². The molecule has 0 unspecified atom stereocenters. The maximum atomic E-state index is 10.8. The number of fused-ring (bicyclic) bond motifs is 1. The van der Waals surface area contributed by atoms with Crippen LogP contribution >= 0.6 is 11.9 Å². The number of nitrogens with zero attached hydrogens (tertiary/aromatic N) is 3. The van der Waals surface area contributed by atoms with Crippen LogP contribution < -0.4 is 14.4 Å². The van der Waals surface area contributed by atoms with Crippen LogP contribution in [0.3, 0.4) is 0 Å². The molecule has 0 radical (unpaired) electrons. The predicted molar refractivity (Wildman–Crippen MR) is 146 cm³/mol. The van der Waals surface area contributed by atoms with Crippen molar-refractivity contribution in [1.82, 2.24) is 9.88 Å². The molecule has 1 aliphatic rings. The molecule has 1 fully saturated rings. The summed E-state index contributed by atoms with van der Waals surface area (Å²) in [5.41, 5.74) is 3.74. The summed E-state index contributed by atoms with van der Waals surface area (Å²) in [5, 5.41) is 1.11. The van der Waals surface area contributed by atoms with E-state index in [-0.39, 0.29) is 0 Å². The monoisotopic (exact) mass is 486 g/mol. The van der Waals surface area contributed by atoms with E-state index in [9.17, 15) is 4.79 Å². The number of aldehydes is 1. The molecule has 6 nitrogen and oxygen atoms in total. The molecular formula is C28H30N4O2S. The molecule has 0 saturated carbocycles. The fourth-order valence-electron chi connectivity index (χ4n) is 3.89. The molecule has 1 aliphatic heterocycles. The first-order chi connectivity index (χ1) is 17.2. The van der Waals surface area contributed by atoms with Gasteiger partial charge < -0.3 is 19.3 Å². The van der Waals surface area contributed by atoms with Crippen LogP contribution in [-0.2, 0) is 0 Å². The quantitative estimate of drug-likeness (QED) is 0.281. The highest BCUT2D eigenvalue weighted by Gasteiger charge is 2.16. The highest BCUT2D eigenvalue weighted by molar-refractivity contribution is 8.00. The highest BCUT2D eigenvalue weighted by Crippen LogP contribution is 2.28. The average Bonchev–Trinajstić information content (AvgIpc) is 2.93. The second kappa shape index (κ2) is 12.2. The maximum Gasteiger partial charge on any atom is 0.150 e. The first-order valence-electron chi connectivity index (χ1n) is 11.6. The van der Waals surface area contributed by atoms with Gasteiger partial charge in [0.15, 0.2) is 0 Å². The van der Waals surface area contributed by atoms with Gasteiger partial charge >= 0.3 is 0 Å². The summed E-state index contributed by atoms with van der Waals surface area (Å²) in [5.74, 6) is 0.974. The number of pyridine rings is 1. The summed E-state index contributed by atoms with van der Waals surface area (Å²) in [6, 6.07) is 25.7. The molecule has 7 heteroatoms. The molecule has 3 aromatic carbocycles. The fourth-order valence-corrected chi connectivity index (χ4v) is 4.65. The van der Waals surface area contributed by atoms with E-state index in [1.807, 2.05) is 60.7 Å². The van der Waals surface area contributed by atoms with Crippen molar-refractivity contribution in [2.45, 2.75) is 4.90 Å². The van der Waals surface area contributed by atoms with E-state index in [0.717, 1.165) is 59.7 Å². The van der Waals surface area contributed by atoms with Gasteiger partial charge in [0.05, 0.1) is 23.2 Å². The molecule has 1 saturated heterocycles. The van der Waals surface area contributed by atoms with Crippen molar-refractivity contribution in [2.75, 3.05) is 50.0 Å². The van der Waals surface area contributed by atoms with Crippen LogP contribution in [0.2, 0.25) is 0 Å². The number of carbonyl (C=O) groups is 1. The number of hydrogen-bond acceptors (Lipinski definition) is 7. The molecule has 1 aromatic heterocycles. The predicted octanol–water partition coefficient (Wildman–Crippen LogP) is 5.61. The van der Waals surface area contributed by atoms with E-state index in [2.05, 4.69) is 38.7 Å². The van der Waals surface area contributed by atoms with Gasteiger partial charge in [-0.3, -0.25) is 9.78 Å². The second-order valence-electron chi connectivity index (χ2n) is 8.24. The lowest BCUT2D eigenvalue weighted by Gasteiger charge is -2.34. The van der Waals surface area contributed by atoms with Crippen LogP contribution in [-0.4, -0.2) is 56.5 Å². The third-order valence-corrected chi connectivity index (χ3v) is 6.71. The van der Waals surface area contributed by atoms with Crippen LogP contribution in [0.4, 0.5) is 11.4 Å². The number of ether oxygens (including phenoxy) is 1. The van der Waals surface area contributed by atoms with Crippen molar-refractivity contribution in [3.05, 3.63) is 90.6 Å². The van der Waals surface area contributed by atoms with Crippen molar-refractivity contribution in [1.29, 1.82) is 0 Å². The van der Waals surface area contributed by atoms with Crippen molar-refractivity contribution >= 4 is 40.5 Å². The summed E-state index contributed by atoms with van der Waals surface area (Å²) in [6.07, 6.45) is 2.63. The lowest BCUT2D eigenvalue weighted by atomic mass is 10.2. The Morgan fingerprint density at radius 2 is 1.71 bits per heavy atom. The molecule has 5 rings (SSSR count). The number of aromatic nitrogens is 1. The summed E-state index contributed by atoms with van der Waals surface area (Å²) in [7, 11) is 3.90. The van der Waals surface area contributed by atoms with Gasteiger partial charge in [-0.2, -0.15) is 0 Å². The standard InChI is InChI=1S/C16H12N2OS.C12H18N2O/c19-11-12-4-1-7-14(10-12)18-20-15-8-2-5-13-6-3-9-17-16(13)15;1-13-7-9-14(10-8-13)11-5-3-4-6-12(11)15-2/h1-11,18H;3-6H,7-10H2,1-2H3. The smallest absolute Gasteiger partial charge is 0.150 e. The molecule has 4 aromatic rings. The average molecular weight is 487 g/mol. The van der Waals surface area contributed by atoms with Gasteiger partial charge in [0.25, 0.3) is 0 Å². The zero-order valence-corrected chi connectivity index (χ0v) is 20.9. The SMILES string of the molecule is COc1ccccc1N1CCN(C)CC1.O=Cc1cccc(NSc2cccc3cccnc23)c1. The van der Waals surface area contributed by atoms with Gasteiger partial charge in [-0.25, -0.2) is 0 Å². The van der Waals surface area contributed by atoms with Crippen molar-refractivity contribution in [2.24, 2.45) is 0 Å².